The van der Waals surface area contributed by atoms with Crippen molar-refractivity contribution in [2.24, 2.45) is 11.1 Å². The number of nitrogens with two attached hydrogens (primary N) is 1. The molecule has 1 aliphatic carbocycles. The van der Waals surface area contributed by atoms with Crippen molar-refractivity contribution in [2.75, 3.05) is 4.90 Å². The van der Waals surface area contributed by atoms with Gasteiger partial charge in [0.1, 0.15) is 5.66 Å². The van der Waals surface area contributed by atoms with Crippen LogP contribution in [0, 0.1) is 5.41 Å². The summed E-state index contributed by atoms with van der Waals surface area (Å²) in [7, 11) is 0. The van der Waals surface area contributed by atoms with Gasteiger partial charge >= 0.3 is 0 Å². The summed E-state index contributed by atoms with van der Waals surface area (Å²) in [6.07, 6.45) is 3.90. The fourth-order valence-electron chi connectivity index (χ4n) is 4.28. The summed E-state index contributed by atoms with van der Waals surface area (Å²) in [6, 6.07) is 17.8. The van der Waals surface area contributed by atoms with Crippen LogP contribution in [0.4, 0.5) is 5.69 Å². The molecule has 1 saturated carbocycles. The molecule has 1 aliphatic heterocycles. The molecule has 2 aliphatic rings. The number of hydrogen-bond acceptors (Lipinski definition) is 2. The van der Waals surface area contributed by atoms with E-state index in [-0.39, 0.29) is 5.91 Å². The molecule has 1 saturated heterocycles. The lowest BCUT2D eigenvalue weighted by Gasteiger charge is -2.62. The lowest BCUT2D eigenvalue weighted by Crippen LogP contribution is -2.79. The van der Waals surface area contributed by atoms with Gasteiger partial charge in [-0.25, -0.2) is 0 Å². The summed E-state index contributed by atoms with van der Waals surface area (Å²) in [6.45, 7) is 0. The lowest BCUT2D eigenvalue weighted by molar-refractivity contribution is -0.148. The van der Waals surface area contributed by atoms with E-state index in [1.54, 1.807) is 4.90 Å². The molecular formula is C19H19BrN2O. The number of benzene rings is 2. The quantitative estimate of drug-likeness (QED) is 0.806. The molecule has 2 aromatic carbocycles. The van der Waals surface area contributed by atoms with E-state index in [0.29, 0.717) is 0 Å². The highest BCUT2D eigenvalue weighted by Gasteiger charge is 2.70. The molecule has 1 amide bonds. The van der Waals surface area contributed by atoms with Crippen molar-refractivity contribution in [3.8, 4) is 0 Å². The van der Waals surface area contributed by atoms with Crippen LogP contribution in [0.15, 0.2) is 59.1 Å². The molecule has 4 rings (SSSR count). The highest BCUT2D eigenvalue weighted by atomic mass is 79.9. The van der Waals surface area contributed by atoms with Crippen molar-refractivity contribution >= 4 is 27.5 Å². The van der Waals surface area contributed by atoms with Gasteiger partial charge in [0.2, 0.25) is 5.91 Å². The first-order valence-electron chi connectivity index (χ1n) is 8.04. The van der Waals surface area contributed by atoms with Gasteiger partial charge in [-0.2, -0.15) is 0 Å². The van der Waals surface area contributed by atoms with Gasteiger partial charge in [-0.15, -0.1) is 0 Å². The Hall–Kier alpha value is -1.65. The van der Waals surface area contributed by atoms with E-state index in [9.17, 15) is 4.79 Å². The maximum absolute atomic E-state index is 13.1. The van der Waals surface area contributed by atoms with Crippen molar-refractivity contribution in [2.45, 2.75) is 31.3 Å². The normalized spacial score (nSPS) is 25.7. The summed E-state index contributed by atoms with van der Waals surface area (Å²) in [4.78, 5) is 14.9. The Morgan fingerprint density at radius 1 is 0.957 bits per heavy atom. The molecule has 1 heterocycles. The maximum Gasteiger partial charge on any atom is 0.239 e. The van der Waals surface area contributed by atoms with Crippen LogP contribution in [-0.2, 0) is 10.5 Å². The van der Waals surface area contributed by atoms with Crippen LogP contribution in [0.3, 0.4) is 0 Å². The zero-order valence-corrected chi connectivity index (χ0v) is 14.4. The SMILES string of the molecule is NC1(c2ccc(Br)cc2)N(c2ccccc2)C(=O)C12CCCC2. The molecule has 0 aromatic heterocycles. The Balaban J connectivity index is 1.86. The van der Waals surface area contributed by atoms with Crippen molar-refractivity contribution < 1.29 is 4.79 Å². The first kappa shape index (κ1) is 14.9. The van der Waals surface area contributed by atoms with Crippen LogP contribution in [0.1, 0.15) is 31.2 Å². The van der Waals surface area contributed by atoms with E-state index < -0.39 is 11.1 Å². The molecule has 3 nitrogen and oxygen atoms in total. The summed E-state index contributed by atoms with van der Waals surface area (Å²) in [5, 5.41) is 0. The zero-order chi connectivity index (χ0) is 16.1. The van der Waals surface area contributed by atoms with Gasteiger partial charge in [0.25, 0.3) is 0 Å². The van der Waals surface area contributed by atoms with Gasteiger partial charge in [-0.3, -0.25) is 9.69 Å². The number of carbonyl (C=O) groups is 1. The van der Waals surface area contributed by atoms with Crippen molar-refractivity contribution in [1.82, 2.24) is 0 Å². The third-order valence-electron chi connectivity index (χ3n) is 5.45. The molecule has 2 N–H and O–H groups in total. The minimum absolute atomic E-state index is 0.173. The summed E-state index contributed by atoms with van der Waals surface area (Å²) in [5.74, 6) is 0.173. The molecule has 1 spiro atoms. The van der Waals surface area contributed by atoms with Crippen LogP contribution in [-0.4, -0.2) is 5.91 Å². The number of carbonyl (C=O) groups excluding carboxylic acids is 1. The molecule has 118 valence electrons. The van der Waals surface area contributed by atoms with Gasteiger partial charge in [0.05, 0.1) is 5.41 Å². The van der Waals surface area contributed by atoms with Gasteiger partial charge in [-0.1, -0.05) is 59.1 Å². The van der Waals surface area contributed by atoms with Gasteiger partial charge in [-0.05, 0) is 42.7 Å². The smallest absolute Gasteiger partial charge is 0.239 e. The zero-order valence-electron chi connectivity index (χ0n) is 12.8. The van der Waals surface area contributed by atoms with E-state index in [1.165, 1.54) is 0 Å². The van der Waals surface area contributed by atoms with Crippen LogP contribution in [0.5, 0.6) is 0 Å². The second kappa shape index (κ2) is 5.18. The molecule has 2 fully saturated rings. The molecule has 1 unspecified atom stereocenters. The Kier molecular flexibility index (Phi) is 3.36. The number of amides is 1. The molecular weight excluding hydrogens is 352 g/mol. The number of nitrogens with zero attached hydrogens (tertiary/aromatic N) is 1. The third kappa shape index (κ3) is 1.88. The predicted octanol–water partition coefficient (Wildman–Crippen LogP) is 4.17. The second-order valence-electron chi connectivity index (χ2n) is 6.54. The lowest BCUT2D eigenvalue weighted by atomic mass is 9.61. The first-order chi connectivity index (χ1) is 11.1. The number of halogens is 1. The Labute approximate surface area is 144 Å². The second-order valence-corrected chi connectivity index (χ2v) is 7.45. The van der Waals surface area contributed by atoms with Crippen LogP contribution in [0.25, 0.3) is 0 Å². The van der Waals surface area contributed by atoms with Crippen LogP contribution >= 0.6 is 15.9 Å². The number of rotatable bonds is 2. The summed E-state index contributed by atoms with van der Waals surface area (Å²) < 4.78 is 1.02. The molecule has 2 aromatic rings. The average molecular weight is 371 g/mol. The van der Waals surface area contributed by atoms with Crippen molar-refractivity contribution in [3.63, 3.8) is 0 Å². The van der Waals surface area contributed by atoms with Crippen molar-refractivity contribution in [1.29, 1.82) is 0 Å². The molecule has 0 radical (unpaired) electrons. The minimum atomic E-state index is -0.761. The van der Waals surface area contributed by atoms with Gasteiger partial charge < -0.3 is 5.73 Å². The van der Waals surface area contributed by atoms with Crippen LogP contribution < -0.4 is 10.6 Å². The minimum Gasteiger partial charge on any atom is -0.304 e. The first-order valence-corrected chi connectivity index (χ1v) is 8.83. The third-order valence-corrected chi connectivity index (χ3v) is 5.98. The number of hydrogen-bond donors (Lipinski definition) is 1. The Morgan fingerprint density at radius 3 is 2.17 bits per heavy atom. The number of β-lactam (4-membered cyclic amide) rings is 1. The van der Waals surface area contributed by atoms with Crippen molar-refractivity contribution in [3.05, 3.63) is 64.6 Å². The average Bonchev–Trinajstić information content (AvgIpc) is 3.09. The van der Waals surface area contributed by atoms with E-state index >= 15 is 0 Å². The molecule has 0 bridgehead atoms. The highest BCUT2D eigenvalue weighted by Crippen LogP contribution is 2.61. The monoisotopic (exact) mass is 370 g/mol. The highest BCUT2D eigenvalue weighted by molar-refractivity contribution is 9.10. The number of anilines is 1. The summed E-state index contributed by atoms with van der Waals surface area (Å²) >= 11 is 3.48. The van der Waals surface area contributed by atoms with E-state index in [4.69, 9.17) is 5.73 Å². The van der Waals surface area contributed by atoms with E-state index in [0.717, 1.165) is 41.4 Å². The summed E-state index contributed by atoms with van der Waals surface area (Å²) in [5.41, 5.74) is 7.64. The number of para-hydroxylation sites is 1. The standard InChI is InChI=1S/C19H19BrN2O/c20-15-10-8-14(9-11-15)19(21)18(12-4-5-13-18)17(23)22(19)16-6-2-1-3-7-16/h1-3,6-11H,4-5,12-13,21H2. The fourth-order valence-corrected chi connectivity index (χ4v) is 4.54. The Morgan fingerprint density at radius 2 is 1.57 bits per heavy atom. The molecule has 23 heavy (non-hydrogen) atoms. The maximum atomic E-state index is 13.1. The van der Waals surface area contributed by atoms with Gasteiger partial charge in [0, 0.05) is 10.2 Å². The molecule has 4 heteroatoms. The predicted molar refractivity (Wildman–Crippen MR) is 94.8 cm³/mol. The molecule has 1 atom stereocenters. The largest absolute Gasteiger partial charge is 0.304 e. The van der Waals surface area contributed by atoms with Crippen LogP contribution in [0.2, 0.25) is 0 Å². The Bertz CT molecular complexity index is 738. The topological polar surface area (TPSA) is 46.3 Å². The fraction of sp³-hybridized carbons (Fsp3) is 0.316. The van der Waals surface area contributed by atoms with Gasteiger partial charge in [0.15, 0.2) is 0 Å². The van der Waals surface area contributed by atoms with E-state index in [2.05, 4.69) is 15.9 Å². The van der Waals surface area contributed by atoms with E-state index in [1.807, 2.05) is 54.6 Å².